The summed E-state index contributed by atoms with van der Waals surface area (Å²) >= 11 is 0. The van der Waals surface area contributed by atoms with Gasteiger partial charge in [-0.1, -0.05) is 18.2 Å². The lowest BCUT2D eigenvalue weighted by Crippen LogP contribution is -2.32. The molecular formula is C20H20N4O5. The molecule has 3 rings (SSSR count). The van der Waals surface area contributed by atoms with Crippen LogP contribution in [0.25, 0.3) is 0 Å². The van der Waals surface area contributed by atoms with Crippen molar-refractivity contribution in [2.75, 3.05) is 18.4 Å². The van der Waals surface area contributed by atoms with E-state index in [2.05, 4.69) is 10.6 Å². The van der Waals surface area contributed by atoms with Crippen LogP contribution in [0.1, 0.15) is 28.8 Å². The smallest absolute Gasteiger partial charge is 0.270 e. The van der Waals surface area contributed by atoms with E-state index in [1.54, 1.807) is 23.1 Å². The van der Waals surface area contributed by atoms with Gasteiger partial charge in [-0.2, -0.15) is 0 Å². The van der Waals surface area contributed by atoms with Gasteiger partial charge in [-0.05, 0) is 30.2 Å². The van der Waals surface area contributed by atoms with Gasteiger partial charge in [-0.15, -0.1) is 0 Å². The third kappa shape index (κ3) is 5.38. The topological polar surface area (TPSA) is 122 Å². The zero-order chi connectivity index (χ0) is 20.8. The van der Waals surface area contributed by atoms with Crippen molar-refractivity contribution in [2.24, 2.45) is 0 Å². The highest BCUT2D eigenvalue weighted by atomic mass is 16.6. The van der Waals surface area contributed by atoms with E-state index in [-0.39, 0.29) is 23.7 Å². The highest BCUT2D eigenvalue weighted by Crippen LogP contribution is 2.17. The van der Waals surface area contributed by atoms with Crippen molar-refractivity contribution in [2.45, 2.75) is 19.4 Å². The van der Waals surface area contributed by atoms with E-state index in [1.807, 2.05) is 6.07 Å². The molecule has 1 aliphatic rings. The number of nitro groups is 1. The average Bonchev–Trinajstić information content (AvgIpc) is 3.11. The van der Waals surface area contributed by atoms with Gasteiger partial charge in [-0.25, -0.2) is 0 Å². The number of nitrogens with one attached hydrogen (secondary N) is 2. The number of amides is 3. The monoisotopic (exact) mass is 396 g/mol. The van der Waals surface area contributed by atoms with Crippen molar-refractivity contribution in [3.8, 4) is 0 Å². The molecule has 1 saturated heterocycles. The molecular weight excluding hydrogens is 376 g/mol. The van der Waals surface area contributed by atoms with E-state index in [0.717, 1.165) is 24.6 Å². The normalized spacial score (nSPS) is 13.2. The minimum absolute atomic E-state index is 0.101. The van der Waals surface area contributed by atoms with E-state index >= 15 is 0 Å². The molecule has 0 radical (unpaired) electrons. The molecule has 2 aromatic rings. The van der Waals surface area contributed by atoms with Crippen LogP contribution in [-0.2, 0) is 16.1 Å². The van der Waals surface area contributed by atoms with Gasteiger partial charge in [-0.3, -0.25) is 24.5 Å². The van der Waals surface area contributed by atoms with E-state index in [9.17, 15) is 24.5 Å². The highest BCUT2D eigenvalue weighted by molar-refractivity contribution is 5.99. The fraction of sp³-hybridized carbons (Fsp3) is 0.250. The van der Waals surface area contributed by atoms with Gasteiger partial charge in [0.1, 0.15) is 0 Å². The van der Waals surface area contributed by atoms with Gasteiger partial charge in [0.2, 0.25) is 11.8 Å². The van der Waals surface area contributed by atoms with Gasteiger partial charge in [0, 0.05) is 42.9 Å². The Morgan fingerprint density at radius 3 is 2.66 bits per heavy atom. The van der Waals surface area contributed by atoms with E-state index in [1.165, 1.54) is 18.2 Å². The standard InChI is InChI=1S/C20H20N4O5/c25-18(12-21-20(27)15-5-2-7-17(11-15)24(28)29)22-16-6-1-4-14(10-16)13-23-9-3-8-19(23)26/h1-2,4-7,10-11H,3,8-9,12-13H2,(H,21,27)(H,22,25). The molecule has 1 aliphatic heterocycles. The Morgan fingerprint density at radius 2 is 1.93 bits per heavy atom. The summed E-state index contributed by atoms with van der Waals surface area (Å²) in [6, 6.07) is 12.4. The van der Waals surface area contributed by atoms with Crippen LogP contribution in [-0.4, -0.2) is 40.6 Å². The summed E-state index contributed by atoms with van der Waals surface area (Å²) in [7, 11) is 0. The summed E-state index contributed by atoms with van der Waals surface area (Å²) in [5.41, 5.74) is 1.36. The third-order valence-corrected chi connectivity index (χ3v) is 4.48. The molecule has 2 N–H and O–H groups in total. The first kappa shape index (κ1) is 20.0. The molecule has 0 atom stereocenters. The molecule has 0 saturated carbocycles. The van der Waals surface area contributed by atoms with Crippen LogP contribution in [0.2, 0.25) is 0 Å². The summed E-state index contributed by atoms with van der Waals surface area (Å²) in [4.78, 5) is 48.0. The molecule has 150 valence electrons. The molecule has 0 spiro atoms. The summed E-state index contributed by atoms with van der Waals surface area (Å²) in [6.07, 6.45) is 1.43. The summed E-state index contributed by atoms with van der Waals surface area (Å²) in [5, 5.41) is 15.9. The van der Waals surface area contributed by atoms with Crippen LogP contribution in [0, 0.1) is 10.1 Å². The Bertz CT molecular complexity index is 959. The molecule has 9 nitrogen and oxygen atoms in total. The Hall–Kier alpha value is -3.75. The number of rotatable bonds is 7. The van der Waals surface area contributed by atoms with E-state index in [0.29, 0.717) is 18.7 Å². The van der Waals surface area contributed by atoms with Crippen LogP contribution in [0.4, 0.5) is 11.4 Å². The molecule has 9 heteroatoms. The maximum Gasteiger partial charge on any atom is 0.270 e. The van der Waals surface area contributed by atoms with E-state index in [4.69, 9.17) is 0 Å². The molecule has 1 heterocycles. The Balaban J connectivity index is 1.53. The third-order valence-electron chi connectivity index (χ3n) is 4.48. The predicted molar refractivity (Wildman–Crippen MR) is 105 cm³/mol. The highest BCUT2D eigenvalue weighted by Gasteiger charge is 2.20. The second kappa shape index (κ2) is 8.96. The molecule has 0 bridgehead atoms. The number of carbonyl (C=O) groups excluding carboxylic acids is 3. The lowest BCUT2D eigenvalue weighted by Gasteiger charge is -2.16. The van der Waals surface area contributed by atoms with Crippen LogP contribution >= 0.6 is 0 Å². The minimum atomic E-state index is -0.591. The Labute approximate surface area is 166 Å². The van der Waals surface area contributed by atoms with Crippen molar-refractivity contribution >= 4 is 29.1 Å². The molecule has 0 aromatic heterocycles. The first-order valence-corrected chi connectivity index (χ1v) is 9.11. The second-order valence-electron chi connectivity index (χ2n) is 6.66. The van der Waals surface area contributed by atoms with Gasteiger partial charge in [0.15, 0.2) is 0 Å². The molecule has 2 aromatic carbocycles. The van der Waals surface area contributed by atoms with Gasteiger partial charge >= 0.3 is 0 Å². The number of non-ortho nitro benzene ring substituents is 1. The first-order valence-electron chi connectivity index (χ1n) is 9.11. The number of nitro benzene ring substituents is 1. The molecule has 0 unspecified atom stereocenters. The predicted octanol–water partition coefficient (Wildman–Crippen LogP) is 2.09. The van der Waals surface area contributed by atoms with E-state index < -0.39 is 16.7 Å². The number of benzene rings is 2. The van der Waals surface area contributed by atoms with Crippen molar-refractivity contribution in [1.82, 2.24) is 10.2 Å². The van der Waals surface area contributed by atoms with Crippen LogP contribution < -0.4 is 10.6 Å². The Morgan fingerprint density at radius 1 is 1.14 bits per heavy atom. The number of nitrogens with zero attached hydrogens (tertiary/aromatic N) is 2. The zero-order valence-corrected chi connectivity index (χ0v) is 15.6. The van der Waals surface area contributed by atoms with Crippen LogP contribution in [0.15, 0.2) is 48.5 Å². The summed E-state index contributed by atoms with van der Waals surface area (Å²) in [5.74, 6) is -0.883. The van der Waals surface area contributed by atoms with Gasteiger partial charge in [0.05, 0.1) is 11.5 Å². The van der Waals surface area contributed by atoms with Crippen molar-refractivity contribution < 1.29 is 19.3 Å². The first-order chi connectivity index (χ1) is 13.9. The van der Waals surface area contributed by atoms with Crippen molar-refractivity contribution in [3.63, 3.8) is 0 Å². The molecule has 29 heavy (non-hydrogen) atoms. The molecule has 0 aliphatic carbocycles. The summed E-state index contributed by atoms with van der Waals surface area (Å²) in [6.45, 7) is 0.946. The quantitative estimate of drug-likeness (QED) is 0.548. The van der Waals surface area contributed by atoms with Gasteiger partial charge < -0.3 is 15.5 Å². The number of anilines is 1. The Kier molecular flexibility index (Phi) is 6.18. The fourth-order valence-electron chi connectivity index (χ4n) is 3.07. The number of hydrogen-bond acceptors (Lipinski definition) is 5. The van der Waals surface area contributed by atoms with Gasteiger partial charge in [0.25, 0.3) is 11.6 Å². The van der Waals surface area contributed by atoms with Crippen molar-refractivity contribution in [3.05, 3.63) is 69.8 Å². The number of likely N-dealkylation sites (tertiary alicyclic amines) is 1. The maximum atomic E-state index is 12.1. The van der Waals surface area contributed by atoms with Crippen LogP contribution in [0.5, 0.6) is 0 Å². The lowest BCUT2D eigenvalue weighted by atomic mass is 10.2. The SMILES string of the molecule is O=C(CNC(=O)c1cccc([N+](=O)[O-])c1)Nc1cccc(CN2CCCC2=O)c1. The maximum absolute atomic E-state index is 12.1. The largest absolute Gasteiger partial charge is 0.343 e. The second-order valence-corrected chi connectivity index (χ2v) is 6.66. The molecule has 3 amide bonds. The fourth-order valence-corrected chi connectivity index (χ4v) is 3.07. The van der Waals surface area contributed by atoms with Crippen molar-refractivity contribution in [1.29, 1.82) is 0 Å². The molecule has 1 fully saturated rings. The minimum Gasteiger partial charge on any atom is -0.343 e. The van der Waals surface area contributed by atoms with Crippen LogP contribution in [0.3, 0.4) is 0 Å². The number of carbonyl (C=O) groups is 3. The lowest BCUT2D eigenvalue weighted by molar-refractivity contribution is -0.384. The number of hydrogen-bond donors (Lipinski definition) is 2. The zero-order valence-electron chi connectivity index (χ0n) is 15.6. The average molecular weight is 396 g/mol. The summed E-state index contributed by atoms with van der Waals surface area (Å²) < 4.78 is 0.